The maximum Gasteiger partial charge on any atom is 0.245 e. The van der Waals surface area contributed by atoms with Gasteiger partial charge in [0.2, 0.25) is 5.91 Å². The molecule has 0 spiro atoms. The summed E-state index contributed by atoms with van der Waals surface area (Å²) in [4.78, 5) is 11.9. The van der Waals surface area contributed by atoms with Crippen molar-refractivity contribution in [2.24, 2.45) is 22.5 Å². The second-order valence-electron chi connectivity index (χ2n) is 4.63. The molecule has 3 atom stereocenters. The van der Waals surface area contributed by atoms with E-state index in [2.05, 4.69) is 5.32 Å². The van der Waals surface area contributed by atoms with Gasteiger partial charge < -0.3 is 11.1 Å². The maximum absolute atomic E-state index is 11.9. The average Bonchev–Trinajstić information content (AvgIpc) is 2.86. The molecule has 86 valence electrons. The lowest BCUT2D eigenvalue weighted by molar-refractivity contribution is -0.124. The minimum atomic E-state index is -1.59. The fourth-order valence-electron chi connectivity index (χ4n) is 3.09. The van der Waals surface area contributed by atoms with Gasteiger partial charge in [-0.3, -0.25) is 4.79 Å². The van der Waals surface area contributed by atoms with Crippen LogP contribution in [0.1, 0.15) is 19.8 Å². The van der Waals surface area contributed by atoms with Crippen molar-refractivity contribution in [2.75, 3.05) is 0 Å². The van der Waals surface area contributed by atoms with Crippen molar-refractivity contribution in [2.45, 2.75) is 25.4 Å². The summed E-state index contributed by atoms with van der Waals surface area (Å²) in [5.74, 6) is -1.33. The molecule has 1 saturated heterocycles. The van der Waals surface area contributed by atoms with Crippen LogP contribution in [0.2, 0.25) is 0 Å². The number of rotatable bonds is 2. The van der Waals surface area contributed by atoms with E-state index in [1.165, 1.54) is 0 Å². The first kappa shape index (κ1) is 11.4. The van der Waals surface area contributed by atoms with E-state index < -0.39 is 28.3 Å². The highest BCUT2D eigenvalue weighted by atomic mass is 16.2. The van der Waals surface area contributed by atoms with E-state index in [1.54, 1.807) is 0 Å². The van der Waals surface area contributed by atoms with Crippen LogP contribution in [0.4, 0.5) is 0 Å². The molecule has 0 unspecified atom stereocenters. The second-order valence-corrected chi connectivity index (χ2v) is 4.63. The van der Waals surface area contributed by atoms with Crippen molar-refractivity contribution in [3.63, 3.8) is 0 Å². The minimum absolute atomic E-state index is 0.442. The molecule has 1 saturated carbocycles. The van der Waals surface area contributed by atoms with Crippen molar-refractivity contribution < 1.29 is 4.79 Å². The number of amides is 1. The van der Waals surface area contributed by atoms with E-state index in [4.69, 9.17) is 21.5 Å². The first-order valence-electron chi connectivity index (χ1n) is 5.34. The van der Waals surface area contributed by atoms with Gasteiger partial charge in [0.25, 0.3) is 0 Å². The molecule has 1 amide bonds. The highest BCUT2D eigenvalue weighted by molar-refractivity contribution is 5.97. The number of carbonyl (C=O) groups excluding carboxylic acids is 1. The lowest BCUT2D eigenvalue weighted by Gasteiger charge is -2.27. The molecule has 1 aliphatic carbocycles. The number of piperidine rings is 1. The topological polar surface area (TPSA) is 126 Å². The zero-order chi connectivity index (χ0) is 12.9. The van der Waals surface area contributed by atoms with Crippen LogP contribution in [0, 0.1) is 50.7 Å². The summed E-state index contributed by atoms with van der Waals surface area (Å²) in [5.41, 5.74) is 1.76. The predicted molar refractivity (Wildman–Crippen MR) is 55.2 cm³/mol. The number of nitrogens with two attached hydrogens (primary N) is 1. The van der Waals surface area contributed by atoms with E-state index in [9.17, 15) is 4.79 Å². The Balaban J connectivity index is 2.56. The molecule has 0 radical (unpaired) electrons. The Bertz CT molecular complexity index is 507. The number of hydrogen-bond donors (Lipinski definition) is 2. The molecule has 17 heavy (non-hydrogen) atoms. The zero-order valence-corrected chi connectivity index (χ0v) is 9.32. The van der Waals surface area contributed by atoms with E-state index in [1.807, 2.05) is 25.1 Å². The Hall–Kier alpha value is -2.10. The highest BCUT2D eigenvalue weighted by Crippen LogP contribution is 2.74. The quantitative estimate of drug-likeness (QED) is 0.674. The smallest absolute Gasteiger partial charge is 0.245 e. The summed E-state index contributed by atoms with van der Waals surface area (Å²) in [6, 6.07) is 5.46. The van der Waals surface area contributed by atoms with Crippen LogP contribution in [-0.2, 0) is 4.79 Å². The Morgan fingerprint density at radius 2 is 1.94 bits per heavy atom. The van der Waals surface area contributed by atoms with Crippen LogP contribution in [0.15, 0.2) is 0 Å². The molecule has 1 aliphatic heterocycles. The van der Waals surface area contributed by atoms with E-state index >= 15 is 0 Å². The van der Waals surface area contributed by atoms with Crippen LogP contribution >= 0.6 is 0 Å². The van der Waals surface area contributed by atoms with Gasteiger partial charge in [-0.1, -0.05) is 13.3 Å². The van der Waals surface area contributed by atoms with Gasteiger partial charge >= 0.3 is 0 Å². The lowest BCUT2D eigenvalue weighted by atomic mass is 9.92. The summed E-state index contributed by atoms with van der Waals surface area (Å²) in [5, 5.41) is 30.0. The SMILES string of the molecule is CCC[C@]1(N)NC(=O)[C@@]2(C#N)[C@@H]1C2(C#N)C#N. The molecule has 1 heterocycles. The molecule has 0 aromatic heterocycles. The van der Waals surface area contributed by atoms with Crippen molar-refractivity contribution in [3.05, 3.63) is 0 Å². The van der Waals surface area contributed by atoms with Gasteiger partial charge in [0.15, 0.2) is 10.8 Å². The summed E-state index contributed by atoms with van der Waals surface area (Å²) >= 11 is 0. The lowest BCUT2D eigenvalue weighted by Crippen LogP contribution is -2.56. The van der Waals surface area contributed by atoms with E-state index in [0.29, 0.717) is 12.8 Å². The molecule has 0 aromatic rings. The fourth-order valence-corrected chi connectivity index (χ4v) is 3.09. The van der Waals surface area contributed by atoms with Gasteiger partial charge in [-0.25, -0.2) is 0 Å². The van der Waals surface area contributed by atoms with Crippen LogP contribution in [-0.4, -0.2) is 11.6 Å². The third-order valence-corrected chi connectivity index (χ3v) is 3.82. The predicted octanol–water partition coefficient (Wildman–Crippen LogP) is -0.255. The maximum atomic E-state index is 11.9. The molecule has 6 nitrogen and oxygen atoms in total. The van der Waals surface area contributed by atoms with Gasteiger partial charge in [0, 0.05) is 0 Å². The number of hydrogen-bond acceptors (Lipinski definition) is 5. The summed E-state index contributed by atoms with van der Waals surface area (Å²) in [7, 11) is 0. The average molecular weight is 229 g/mol. The number of nitriles is 3. The molecule has 2 aliphatic rings. The summed E-state index contributed by atoms with van der Waals surface area (Å²) in [6.45, 7) is 1.88. The van der Waals surface area contributed by atoms with Gasteiger partial charge in [-0.2, -0.15) is 15.8 Å². The van der Waals surface area contributed by atoms with Gasteiger partial charge in [-0.05, 0) is 6.42 Å². The third-order valence-electron chi connectivity index (χ3n) is 3.82. The third kappa shape index (κ3) is 0.895. The molecule has 0 bridgehead atoms. The second kappa shape index (κ2) is 2.97. The minimum Gasteiger partial charge on any atom is -0.336 e. The van der Waals surface area contributed by atoms with Crippen molar-refractivity contribution in [1.29, 1.82) is 15.8 Å². The number of nitrogens with zero attached hydrogens (tertiary/aromatic N) is 3. The van der Waals surface area contributed by atoms with Crippen molar-refractivity contribution in [1.82, 2.24) is 5.32 Å². The Labute approximate surface area is 98.6 Å². The molecule has 6 heteroatoms. The zero-order valence-electron chi connectivity index (χ0n) is 9.32. The Morgan fingerprint density at radius 1 is 1.35 bits per heavy atom. The van der Waals surface area contributed by atoms with Crippen molar-refractivity contribution >= 4 is 5.91 Å². The van der Waals surface area contributed by atoms with E-state index in [0.717, 1.165) is 0 Å². The number of carbonyl (C=O) groups is 1. The van der Waals surface area contributed by atoms with Crippen LogP contribution in [0.25, 0.3) is 0 Å². The number of nitrogens with one attached hydrogen (secondary N) is 1. The first-order chi connectivity index (χ1) is 7.99. The van der Waals surface area contributed by atoms with Crippen LogP contribution in [0.3, 0.4) is 0 Å². The molecular weight excluding hydrogens is 218 g/mol. The first-order valence-corrected chi connectivity index (χ1v) is 5.34. The Morgan fingerprint density at radius 3 is 2.29 bits per heavy atom. The summed E-state index contributed by atoms with van der Waals surface area (Å²) in [6.07, 6.45) is 1.14. The molecule has 2 rings (SSSR count). The fraction of sp³-hybridized carbons (Fsp3) is 0.636. The van der Waals surface area contributed by atoms with Crippen molar-refractivity contribution in [3.8, 4) is 18.2 Å². The normalized spacial score (nSPS) is 40.4. The van der Waals surface area contributed by atoms with Crippen LogP contribution < -0.4 is 11.1 Å². The van der Waals surface area contributed by atoms with Gasteiger partial charge in [0.1, 0.15) is 0 Å². The standard InChI is InChI=1S/C11H11N5O/c1-2-3-11(15)7-9(4-12,5-13)10(7,6-14)8(17)16-11/h7H,2-3,15H2,1H3,(H,16,17)/t7-,10+,11-/m0/s1. The summed E-state index contributed by atoms with van der Waals surface area (Å²) < 4.78 is 0. The van der Waals surface area contributed by atoms with E-state index in [-0.39, 0.29) is 0 Å². The molecular formula is C11H11N5O. The van der Waals surface area contributed by atoms with Crippen LogP contribution in [0.5, 0.6) is 0 Å². The highest BCUT2D eigenvalue weighted by Gasteiger charge is 2.92. The molecule has 2 fully saturated rings. The monoisotopic (exact) mass is 229 g/mol. The number of fused-ring (bicyclic) bond motifs is 1. The van der Waals surface area contributed by atoms with Gasteiger partial charge in [-0.15, -0.1) is 0 Å². The largest absolute Gasteiger partial charge is 0.336 e. The Kier molecular flexibility index (Phi) is 1.99. The molecule has 0 aromatic carbocycles. The molecule has 3 N–H and O–H groups in total. The van der Waals surface area contributed by atoms with Gasteiger partial charge in [0.05, 0.1) is 29.8 Å².